The zero-order chi connectivity index (χ0) is 15.8. The zero-order valence-electron chi connectivity index (χ0n) is 14.5. The van der Waals surface area contributed by atoms with E-state index >= 15 is 0 Å². The lowest BCUT2D eigenvalue weighted by Gasteiger charge is -2.17. The highest BCUT2D eigenvalue weighted by atomic mass is 127. The normalized spacial score (nSPS) is 15.4. The van der Waals surface area contributed by atoms with Crippen LogP contribution in [0.3, 0.4) is 0 Å². The fourth-order valence-electron chi connectivity index (χ4n) is 2.69. The number of halogens is 1. The van der Waals surface area contributed by atoms with Crippen molar-refractivity contribution in [2.24, 2.45) is 4.99 Å². The van der Waals surface area contributed by atoms with Crippen molar-refractivity contribution >= 4 is 29.9 Å². The minimum absolute atomic E-state index is 0. The van der Waals surface area contributed by atoms with E-state index in [2.05, 4.69) is 54.6 Å². The van der Waals surface area contributed by atoms with E-state index in [9.17, 15) is 0 Å². The van der Waals surface area contributed by atoms with E-state index in [4.69, 9.17) is 4.74 Å². The third-order valence-corrected chi connectivity index (χ3v) is 3.75. The molecule has 1 saturated carbocycles. The quantitative estimate of drug-likeness (QED) is 0.405. The number of hydrogen-bond acceptors (Lipinski definition) is 2. The van der Waals surface area contributed by atoms with Gasteiger partial charge in [-0.15, -0.1) is 24.0 Å². The first-order valence-electron chi connectivity index (χ1n) is 8.48. The molecule has 0 atom stereocenters. The van der Waals surface area contributed by atoms with Gasteiger partial charge in [-0.25, -0.2) is 4.99 Å². The average molecular weight is 431 g/mol. The van der Waals surface area contributed by atoms with Gasteiger partial charge in [0.1, 0.15) is 5.75 Å². The number of rotatable bonds is 6. The molecule has 0 spiro atoms. The molecule has 130 valence electrons. The lowest BCUT2D eigenvalue weighted by Crippen LogP contribution is -2.41. The smallest absolute Gasteiger partial charge is 0.191 e. The van der Waals surface area contributed by atoms with Crippen molar-refractivity contribution in [3.05, 3.63) is 29.8 Å². The first-order chi connectivity index (χ1) is 10.7. The van der Waals surface area contributed by atoms with Crippen LogP contribution in [0.1, 0.15) is 52.0 Å². The highest BCUT2D eigenvalue weighted by molar-refractivity contribution is 14.0. The second-order valence-corrected chi connectivity index (χ2v) is 6.13. The molecule has 0 amide bonds. The molecule has 1 aromatic carbocycles. The topological polar surface area (TPSA) is 45.7 Å². The molecule has 2 rings (SSSR count). The van der Waals surface area contributed by atoms with Gasteiger partial charge in [0.15, 0.2) is 5.96 Å². The van der Waals surface area contributed by atoms with E-state index in [-0.39, 0.29) is 24.0 Å². The highest BCUT2D eigenvalue weighted by Crippen LogP contribution is 2.26. The number of hydrogen-bond donors (Lipinski definition) is 2. The van der Waals surface area contributed by atoms with E-state index in [1.807, 2.05) is 6.07 Å². The summed E-state index contributed by atoms with van der Waals surface area (Å²) in [5, 5.41) is 6.62. The molecule has 1 aliphatic carbocycles. The van der Waals surface area contributed by atoms with Gasteiger partial charge in [0, 0.05) is 18.2 Å². The summed E-state index contributed by atoms with van der Waals surface area (Å²) in [5.74, 6) is 1.84. The molecule has 23 heavy (non-hydrogen) atoms. The zero-order valence-corrected chi connectivity index (χ0v) is 16.8. The molecule has 1 fully saturated rings. The number of guanidine groups is 1. The molecule has 4 nitrogen and oxygen atoms in total. The second kappa shape index (κ2) is 10.7. The van der Waals surface area contributed by atoms with Crippen LogP contribution in [-0.2, 0) is 6.54 Å². The van der Waals surface area contributed by atoms with Crippen molar-refractivity contribution in [2.45, 2.75) is 65.1 Å². The number of ether oxygens (including phenoxy) is 1. The molecule has 0 radical (unpaired) electrons. The Hall–Kier alpha value is -0.980. The van der Waals surface area contributed by atoms with Crippen LogP contribution in [0, 0.1) is 0 Å². The van der Waals surface area contributed by atoms with Crippen LogP contribution in [0.25, 0.3) is 0 Å². The molecule has 5 heteroatoms. The summed E-state index contributed by atoms with van der Waals surface area (Å²) in [7, 11) is 0. The summed E-state index contributed by atoms with van der Waals surface area (Å²) in [6, 6.07) is 8.62. The predicted octanol–water partition coefficient (Wildman–Crippen LogP) is 4.09. The van der Waals surface area contributed by atoms with Crippen LogP contribution in [0.15, 0.2) is 29.3 Å². The van der Waals surface area contributed by atoms with E-state index in [1.165, 1.54) is 25.7 Å². The molecule has 0 bridgehead atoms. The monoisotopic (exact) mass is 431 g/mol. The Balaban J connectivity index is 0.00000264. The first kappa shape index (κ1) is 20.1. The maximum atomic E-state index is 6.17. The standard InChI is InChI=1S/C18H29N3O.HI/c1-4-19-18(21-14(2)3)20-13-15-9-5-8-12-17(15)22-16-10-6-7-11-16;/h5,8-9,12,14,16H,4,6-7,10-11,13H2,1-3H3,(H2,19,20,21);1H. The minimum Gasteiger partial charge on any atom is -0.490 e. The van der Waals surface area contributed by atoms with Crippen molar-refractivity contribution in [3.63, 3.8) is 0 Å². The minimum atomic E-state index is 0. The summed E-state index contributed by atoms with van der Waals surface area (Å²) in [5.41, 5.74) is 1.15. The van der Waals surface area contributed by atoms with Crippen LogP contribution in [-0.4, -0.2) is 24.7 Å². The van der Waals surface area contributed by atoms with Gasteiger partial charge in [0.05, 0.1) is 12.6 Å². The molecule has 0 heterocycles. The summed E-state index contributed by atoms with van der Waals surface area (Å²) >= 11 is 0. The SMILES string of the molecule is CCNC(=NCc1ccccc1OC1CCCC1)NC(C)C.I. The third-order valence-electron chi connectivity index (χ3n) is 3.75. The molecule has 0 aromatic heterocycles. The number of para-hydroxylation sites is 1. The number of benzene rings is 1. The van der Waals surface area contributed by atoms with E-state index in [1.54, 1.807) is 0 Å². The van der Waals surface area contributed by atoms with Gasteiger partial charge < -0.3 is 15.4 Å². The van der Waals surface area contributed by atoms with E-state index < -0.39 is 0 Å². The van der Waals surface area contributed by atoms with E-state index in [0.717, 1.165) is 23.8 Å². The van der Waals surface area contributed by atoms with Crippen molar-refractivity contribution in [3.8, 4) is 5.75 Å². The van der Waals surface area contributed by atoms with Gasteiger partial charge in [-0.1, -0.05) is 18.2 Å². The molecule has 1 aliphatic rings. The van der Waals surface area contributed by atoms with Crippen molar-refractivity contribution in [2.75, 3.05) is 6.54 Å². The maximum Gasteiger partial charge on any atom is 0.191 e. The molecule has 0 saturated heterocycles. The van der Waals surface area contributed by atoms with Gasteiger partial charge in [-0.05, 0) is 52.5 Å². The van der Waals surface area contributed by atoms with Crippen LogP contribution in [0.2, 0.25) is 0 Å². The highest BCUT2D eigenvalue weighted by Gasteiger charge is 2.17. The van der Waals surface area contributed by atoms with Gasteiger partial charge in [-0.2, -0.15) is 0 Å². The summed E-state index contributed by atoms with van der Waals surface area (Å²) in [6.45, 7) is 7.80. The molecular weight excluding hydrogens is 401 g/mol. The van der Waals surface area contributed by atoms with Gasteiger partial charge in [0.2, 0.25) is 0 Å². The number of aliphatic imine (C=N–C) groups is 1. The van der Waals surface area contributed by atoms with Gasteiger partial charge in [-0.3, -0.25) is 0 Å². The van der Waals surface area contributed by atoms with Crippen molar-refractivity contribution in [1.82, 2.24) is 10.6 Å². The van der Waals surface area contributed by atoms with Gasteiger partial charge in [0.25, 0.3) is 0 Å². The van der Waals surface area contributed by atoms with Crippen molar-refractivity contribution in [1.29, 1.82) is 0 Å². The van der Waals surface area contributed by atoms with Crippen LogP contribution in [0.4, 0.5) is 0 Å². The molecule has 1 aromatic rings. The summed E-state index contributed by atoms with van der Waals surface area (Å²) < 4.78 is 6.17. The number of nitrogens with one attached hydrogen (secondary N) is 2. The third kappa shape index (κ3) is 6.97. The number of nitrogens with zero attached hydrogens (tertiary/aromatic N) is 1. The van der Waals surface area contributed by atoms with Crippen LogP contribution < -0.4 is 15.4 Å². The Kier molecular flexibility index (Phi) is 9.36. The predicted molar refractivity (Wildman–Crippen MR) is 108 cm³/mol. The Bertz CT molecular complexity index is 485. The Morgan fingerprint density at radius 3 is 2.61 bits per heavy atom. The second-order valence-electron chi connectivity index (χ2n) is 6.13. The Morgan fingerprint density at radius 1 is 1.26 bits per heavy atom. The lowest BCUT2D eigenvalue weighted by atomic mass is 10.2. The Morgan fingerprint density at radius 2 is 1.96 bits per heavy atom. The summed E-state index contributed by atoms with van der Waals surface area (Å²) in [6.07, 6.45) is 5.30. The molecule has 2 N–H and O–H groups in total. The maximum absolute atomic E-state index is 6.17. The van der Waals surface area contributed by atoms with Gasteiger partial charge >= 0.3 is 0 Å². The fraction of sp³-hybridized carbons (Fsp3) is 0.611. The van der Waals surface area contributed by atoms with Crippen molar-refractivity contribution < 1.29 is 4.74 Å². The van der Waals surface area contributed by atoms with Crippen LogP contribution >= 0.6 is 24.0 Å². The Labute approximate surface area is 157 Å². The summed E-state index contributed by atoms with van der Waals surface area (Å²) in [4.78, 5) is 4.67. The van der Waals surface area contributed by atoms with Crippen LogP contribution in [0.5, 0.6) is 5.75 Å². The molecule has 0 unspecified atom stereocenters. The molecular formula is C18H30IN3O. The lowest BCUT2D eigenvalue weighted by molar-refractivity contribution is 0.208. The first-order valence-corrected chi connectivity index (χ1v) is 8.48. The average Bonchev–Trinajstić information content (AvgIpc) is 2.99. The largest absolute Gasteiger partial charge is 0.490 e. The van der Waals surface area contributed by atoms with E-state index in [0.29, 0.717) is 18.7 Å². The molecule has 0 aliphatic heterocycles. The fourth-order valence-corrected chi connectivity index (χ4v) is 2.69.